The van der Waals surface area contributed by atoms with Crippen LogP contribution in [0.4, 0.5) is 0 Å². The first-order valence-corrected chi connectivity index (χ1v) is 13.8. The molecule has 3 fully saturated rings. The van der Waals surface area contributed by atoms with Crippen LogP contribution in [0.1, 0.15) is 99.3 Å². The molecule has 0 unspecified atom stereocenters. The lowest BCUT2D eigenvalue weighted by Gasteiger charge is -2.59. The normalized spacial score (nSPS) is 47.9. The number of rotatable bonds is 6. The van der Waals surface area contributed by atoms with Gasteiger partial charge in [0.05, 0.1) is 18.3 Å². The predicted octanol–water partition coefficient (Wildman–Crippen LogP) is 5.97. The lowest BCUT2D eigenvalue weighted by atomic mass is 9.46. The van der Waals surface area contributed by atoms with E-state index in [0.717, 1.165) is 43.9 Å². The summed E-state index contributed by atoms with van der Waals surface area (Å²) in [7, 11) is 0. The Balaban J connectivity index is 1.56. The fraction of sp³-hybridized carbons (Fsp3) is 0.931. The van der Waals surface area contributed by atoms with Crippen LogP contribution >= 0.6 is 0 Å². The minimum atomic E-state index is -0.426. The van der Waals surface area contributed by atoms with Crippen molar-refractivity contribution in [2.75, 3.05) is 0 Å². The Kier molecular flexibility index (Phi) is 6.96. The summed E-state index contributed by atoms with van der Waals surface area (Å²) in [6.45, 7) is 14.2. The summed E-state index contributed by atoms with van der Waals surface area (Å²) in [4.78, 5) is 0. The maximum atomic E-state index is 11.4. The molecule has 0 radical (unpaired) electrons. The van der Waals surface area contributed by atoms with E-state index in [-0.39, 0.29) is 29.0 Å². The van der Waals surface area contributed by atoms with Crippen LogP contribution in [-0.4, -0.2) is 33.6 Å². The summed E-state index contributed by atoms with van der Waals surface area (Å²) in [5.41, 5.74) is 1.54. The molecule has 0 heterocycles. The minimum absolute atomic E-state index is 0.116. The molecule has 0 spiro atoms. The van der Waals surface area contributed by atoms with E-state index in [1.54, 1.807) is 0 Å². The van der Waals surface area contributed by atoms with E-state index in [2.05, 4.69) is 47.6 Å². The Bertz CT molecular complexity index is 701. The number of hydrogen-bond donors (Lipinski definition) is 3. The van der Waals surface area contributed by atoms with Crippen LogP contribution in [0.3, 0.4) is 0 Å². The van der Waals surface area contributed by atoms with E-state index in [4.69, 9.17) is 0 Å². The van der Waals surface area contributed by atoms with Crippen molar-refractivity contribution in [1.29, 1.82) is 0 Å². The van der Waals surface area contributed by atoms with Gasteiger partial charge in [0, 0.05) is 0 Å². The first-order chi connectivity index (χ1) is 15.0. The Morgan fingerprint density at radius 1 is 1.00 bits per heavy atom. The van der Waals surface area contributed by atoms with E-state index in [9.17, 15) is 15.3 Å². The average molecular weight is 447 g/mol. The maximum absolute atomic E-state index is 11.4. The third-order valence-electron chi connectivity index (χ3n) is 11.3. The van der Waals surface area contributed by atoms with Crippen molar-refractivity contribution in [3.8, 4) is 0 Å². The second kappa shape index (κ2) is 9.00. The van der Waals surface area contributed by atoms with Gasteiger partial charge in [0.15, 0.2) is 0 Å². The first kappa shape index (κ1) is 24.7. The molecule has 4 rings (SSSR count). The molecule has 0 amide bonds. The van der Waals surface area contributed by atoms with Crippen molar-refractivity contribution in [2.24, 2.45) is 52.3 Å². The fourth-order valence-corrected chi connectivity index (χ4v) is 9.38. The van der Waals surface area contributed by atoms with Gasteiger partial charge in [0.25, 0.3) is 0 Å². The SMILES string of the molecule is CC[C@@H](CC[C@H](C)[C@@H]1[C@H](O)C[C@@H]2[C@@H]3[C@@H](CC[C@@]12C)[C@]1(C)CC[C@@H](O)CC1=C[C@@H]3O)C(C)C. The Labute approximate surface area is 197 Å². The van der Waals surface area contributed by atoms with Crippen molar-refractivity contribution < 1.29 is 15.3 Å². The molecule has 4 aliphatic rings. The van der Waals surface area contributed by atoms with Gasteiger partial charge in [-0.3, -0.25) is 0 Å². The molecule has 0 aliphatic heterocycles. The van der Waals surface area contributed by atoms with Gasteiger partial charge in [-0.25, -0.2) is 0 Å². The summed E-state index contributed by atoms with van der Waals surface area (Å²) in [6, 6.07) is 0. The topological polar surface area (TPSA) is 60.7 Å². The molecular weight excluding hydrogens is 396 g/mol. The quantitative estimate of drug-likeness (QED) is 0.441. The molecule has 0 aromatic rings. The van der Waals surface area contributed by atoms with Crippen LogP contribution in [0.5, 0.6) is 0 Å². The average Bonchev–Trinajstić information content (AvgIpc) is 2.99. The molecule has 32 heavy (non-hydrogen) atoms. The third-order valence-corrected chi connectivity index (χ3v) is 11.3. The van der Waals surface area contributed by atoms with Crippen molar-refractivity contribution in [2.45, 2.75) is 118 Å². The van der Waals surface area contributed by atoms with Gasteiger partial charge in [0.2, 0.25) is 0 Å². The molecule has 3 nitrogen and oxygen atoms in total. The van der Waals surface area contributed by atoms with Gasteiger partial charge in [0.1, 0.15) is 0 Å². The third kappa shape index (κ3) is 3.93. The van der Waals surface area contributed by atoms with Gasteiger partial charge < -0.3 is 15.3 Å². The Hall–Kier alpha value is -0.380. The van der Waals surface area contributed by atoms with E-state index in [1.807, 2.05) is 0 Å². The molecule has 3 N–H and O–H groups in total. The minimum Gasteiger partial charge on any atom is -0.393 e. The van der Waals surface area contributed by atoms with Gasteiger partial charge >= 0.3 is 0 Å². The highest BCUT2D eigenvalue weighted by Gasteiger charge is 2.63. The van der Waals surface area contributed by atoms with Crippen LogP contribution in [-0.2, 0) is 0 Å². The first-order valence-electron chi connectivity index (χ1n) is 13.8. The van der Waals surface area contributed by atoms with Crippen molar-refractivity contribution >= 4 is 0 Å². The zero-order valence-electron chi connectivity index (χ0n) is 21.6. The molecule has 4 aliphatic carbocycles. The summed E-state index contributed by atoms with van der Waals surface area (Å²) >= 11 is 0. The second-order valence-corrected chi connectivity index (χ2v) is 13.1. The van der Waals surface area contributed by atoms with Gasteiger partial charge in [-0.1, -0.05) is 66.0 Å². The summed E-state index contributed by atoms with van der Waals surface area (Å²) in [5.74, 6) is 3.51. The highest BCUT2D eigenvalue weighted by Crippen LogP contribution is 2.67. The maximum Gasteiger partial charge on any atom is 0.0757 e. The predicted molar refractivity (Wildman–Crippen MR) is 131 cm³/mol. The van der Waals surface area contributed by atoms with E-state index in [0.29, 0.717) is 23.7 Å². The fourth-order valence-electron chi connectivity index (χ4n) is 9.38. The second-order valence-electron chi connectivity index (χ2n) is 13.1. The van der Waals surface area contributed by atoms with Crippen molar-refractivity contribution in [3.63, 3.8) is 0 Å². The van der Waals surface area contributed by atoms with Gasteiger partial charge in [-0.15, -0.1) is 0 Å². The number of aliphatic hydroxyl groups excluding tert-OH is 3. The van der Waals surface area contributed by atoms with Crippen LogP contribution in [0.15, 0.2) is 11.6 Å². The molecule has 0 bridgehead atoms. The summed E-state index contributed by atoms with van der Waals surface area (Å²) in [5, 5.41) is 33.0. The zero-order chi connectivity index (χ0) is 23.4. The number of aliphatic hydroxyl groups is 3. The highest BCUT2D eigenvalue weighted by molar-refractivity contribution is 5.28. The number of fused-ring (bicyclic) bond motifs is 5. The van der Waals surface area contributed by atoms with Crippen LogP contribution in [0.2, 0.25) is 0 Å². The van der Waals surface area contributed by atoms with Crippen LogP contribution in [0.25, 0.3) is 0 Å². The summed E-state index contributed by atoms with van der Waals surface area (Å²) in [6.07, 6.45) is 10.7. The largest absolute Gasteiger partial charge is 0.393 e. The molecular formula is C29H50O3. The Morgan fingerprint density at radius 2 is 1.72 bits per heavy atom. The lowest BCUT2D eigenvalue weighted by molar-refractivity contribution is -0.0989. The molecule has 11 atom stereocenters. The van der Waals surface area contributed by atoms with Crippen LogP contribution in [0, 0.1) is 52.3 Å². The Morgan fingerprint density at radius 3 is 2.38 bits per heavy atom. The standard InChI is InChI=1S/C29H50O3/c1-7-19(17(2)3)9-8-18(4)27-25(32)16-23-26-22(11-13-29(23,27)6)28(5)12-10-21(30)14-20(28)15-24(26)31/h15,17-19,21-27,30-32H,7-14,16H2,1-6H3/t18-,19-,21+,22+,23+,24-,25+,26-,27+,28+,29+/m0/s1. The molecule has 3 heteroatoms. The van der Waals surface area contributed by atoms with Gasteiger partial charge in [-0.05, 0) is 97.2 Å². The molecule has 0 saturated heterocycles. The molecule has 0 aromatic carbocycles. The monoisotopic (exact) mass is 446 g/mol. The van der Waals surface area contributed by atoms with E-state index >= 15 is 0 Å². The molecule has 3 saturated carbocycles. The smallest absolute Gasteiger partial charge is 0.0757 e. The van der Waals surface area contributed by atoms with E-state index < -0.39 is 6.10 Å². The van der Waals surface area contributed by atoms with Gasteiger partial charge in [-0.2, -0.15) is 0 Å². The number of hydrogen-bond acceptors (Lipinski definition) is 3. The molecule has 184 valence electrons. The lowest BCUT2D eigenvalue weighted by Crippen LogP contribution is -2.55. The van der Waals surface area contributed by atoms with Crippen molar-refractivity contribution in [1.82, 2.24) is 0 Å². The van der Waals surface area contributed by atoms with E-state index in [1.165, 1.54) is 31.3 Å². The van der Waals surface area contributed by atoms with Crippen molar-refractivity contribution in [3.05, 3.63) is 11.6 Å². The summed E-state index contributed by atoms with van der Waals surface area (Å²) < 4.78 is 0. The van der Waals surface area contributed by atoms with Crippen LogP contribution < -0.4 is 0 Å². The molecule has 0 aromatic heterocycles. The zero-order valence-corrected chi connectivity index (χ0v) is 21.6. The highest BCUT2D eigenvalue weighted by atomic mass is 16.3.